The van der Waals surface area contributed by atoms with Crippen LogP contribution >= 0.6 is 0 Å². The molecule has 3 atom stereocenters. The molecule has 3 unspecified atom stereocenters. The van der Waals surface area contributed by atoms with Crippen molar-refractivity contribution in [1.29, 1.82) is 0 Å². The molecule has 2 aromatic rings. The van der Waals surface area contributed by atoms with Gasteiger partial charge in [-0.2, -0.15) is 0 Å². The van der Waals surface area contributed by atoms with Crippen molar-refractivity contribution >= 4 is 0 Å². The van der Waals surface area contributed by atoms with Crippen LogP contribution in [0.25, 0.3) is 0 Å². The van der Waals surface area contributed by atoms with Crippen molar-refractivity contribution in [2.75, 3.05) is 7.11 Å². The van der Waals surface area contributed by atoms with Gasteiger partial charge in [0.15, 0.2) is 11.6 Å². The molecule has 3 rings (SSSR count). The third-order valence-electron chi connectivity index (χ3n) is 4.39. The highest BCUT2D eigenvalue weighted by Crippen LogP contribution is 2.38. The van der Waals surface area contributed by atoms with Gasteiger partial charge in [-0.15, -0.1) is 0 Å². The Morgan fingerprint density at radius 2 is 1.95 bits per heavy atom. The van der Waals surface area contributed by atoms with Crippen molar-refractivity contribution in [3.05, 3.63) is 65.0 Å². The Hall–Kier alpha value is -1.91. The van der Waals surface area contributed by atoms with Crippen molar-refractivity contribution in [1.82, 2.24) is 5.32 Å². The van der Waals surface area contributed by atoms with Crippen molar-refractivity contribution in [3.63, 3.8) is 0 Å². The topological polar surface area (TPSA) is 47.3 Å². The molecule has 116 valence electrons. The molecule has 3 nitrogen and oxygen atoms in total. The zero-order chi connectivity index (χ0) is 15.7. The Kier molecular flexibility index (Phi) is 4.14. The summed E-state index contributed by atoms with van der Waals surface area (Å²) in [5.41, 5.74) is 9.54. The first-order valence-corrected chi connectivity index (χ1v) is 7.54. The second kappa shape index (κ2) is 6.07. The molecule has 0 fully saturated rings. The quantitative estimate of drug-likeness (QED) is 0.906. The Balaban J connectivity index is 1.78. The maximum atomic E-state index is 13.9. The fourth-order valence-electron chi connectivity index (χ4n) is 3.18. The Bertz CT molecular complexity index is 674. The third kappa shape index (κ3) is 2.72. The molecule has 0 spiro atoms. The molecule has 0 radical (unpaired) electrons. The summed E-state index contributed by atoms with van der Waals surface area (Å²) in [6.45, 7) is 2.04. The average molecular weight is 300 g/mol. The highest BCUT2D eigenvalue weighted by Gasteiger charge is 2.29. The van der Waals surface area contributed by atoms with E-state index in [1.807, 2.05) is 25.1 Å². The molecule has 0 heterocycles. The maximum Gasteiger partial charge on any atom is 0.165 e. The van der Waals surface area contributed by atoms with Gasteiger partial charge in [0.1, 0.15) is 0 Å². The first kappa shape index (κ1) is 15.0. The van der Waals surface area contributed by atoms with Crippen LogP contribution in [-0.2, 0) is 0 Å². The lowest BCUT2D eigenvalue weighted by molar-refractivity contribution is 0.384. The van der Waals surface area contributed by atoms with Gasteiger partial charge in [0.05, 0.1) is 7.11 Å². The number of nitrogens with one attached hydrogen (secondary N) is 1. The number of halogens is 1. The lowest BCUT2D eigenvalue weighted by Gasteiger charge is -2.21. The summed E-state index contributed by atoms with van der Waals surface area (Å²) in [7, 11) is 1.47. The van der Waals surface area contributed by atoms with Gasteiger partial charge in [0.25, 0.3) is 0 Å². The van der Waals surface area contributed by atoms with E-state index in [4.69, 9.17) is 10.5 Å². The van der Waals surface area contributed by atoms with Crippen LogP contribution in [0.1, 0.15) is 48.2 Å². The highest BCUT2D eigenvalue weighted by atomic mass is 19.1. The van der Waals surface area contributed by atoms with E-state index in [9.17, 15) is 4.39 Å². The molecular weight excluding hydrogens is 279 g/mol. The van der Waals surface area contributed by atoms with E-state index in [1.165, 1.54) is 24.3 Å². The maximum absolute atomic E-state index is 13.9. The molecule has 3 N–H and O–H groups in total. The van der Waals surface area contributed by atoms with E-state index >= 15 is 0 Å². The first-order valence-electron chi connectivity index (χ1n) is 7.54. The summed E-state index contributed by atoms with van der Waals surface area (Å²) in [6, 6.07) is 13.6. The van der Waals surface area contributed by atoms with E-state index in [0.29, 0.717) is 0 Å². The minimum Gasteiger partial charge on any atom is -0.494 e. The predicted molar refractivity (Wildman–Crippen MR) is 85.2 cm³/mol. The number of hydrogen-bond acceptors (Lipinski definition) is 3. The lowest BCUT2D eigenvalue weighted by atomic mass is 10.0. The first-order chi connectivity index (χ1) is 10.6. The molecule has 0 aromatic heterocycles. The summed E-state index contributed by atoms with van der Waals surface area (Å²) in [5.74, 6) is -0.0682. The van der Waals surface area contributed by atoms with Gasteiger partial charge in [-0.05, 0) is 42.2 Å². The Morgan fingerprint density at radius 1 is 1.23 bits per heavy atom. The van der Waals surface area contributed by atoms with E-state index < -0.39 is 0 Å². The monoisotopic (exact) mass is 300 g/mol. The van der Waals surface area contributed by atoms with Crippen LogP contribution in [0.15, 0.2) is 42.5 Å². The average Bonchev–Trinajstić information content (AvgIpc) is 2.84. The standard InChI is InChI=1S/C18H21FN2O/c1-11(12-7-8-18(22-2)15(19)9-12)21-17-10-16(20)13-5-3-4-6-14(13)17/h3-9,11,16-17,21H,10,20H2,1-2H3. The molecule has 0 bridgehead atoms. The largest absolute Gasteiger partial charge is 0.494 e. The number of methoxy groups -OCH3 is 1. The minimum atomic E-state index is -0.336. The predicted octanol–water partition coefficient (Wildman–Crippen LogP) is 3.63. The van der Waals surface area contributed by atoms with Crippen LogP contribution in [-0.4, -0.2) is 7.11 Å². The number of nitrogens with two attached hydrogens (primary N) is 1. The number of fused-ring (bicyclic) bond motifs is 1. The molecule has 1 aliphatic rings. The SMILES string of the molecule is COc1ccc(C(C)NC2CC(N)c3ccccc32)cc1F. The smallest absolute Gasteiger partial charge is 0.165 e. The van der Waals surface area contributed by atoms with Crippen molar-refractivity contribution in [3.8, 4) is 5.75 Å². The summed E-state index contributed by atoms with van der Waals surface area (Å²) in [6.07, 6.45) is 0.863. The van der Waals surface area contributed by atoms with Crippen LogP contribution in [0.4, 0.5) is 4.39 Å². The molecule has 0 saturated carbocycles. The Labute approximate surface area is 130 Å². The minimum absolute atomic E-state index is 0.0313. The Morgan fingerprint density at radius 3 is 2.64 bits per heavy atom. The van der Waals surface area contributed by atoms with E-state index in [-0.39, 0.29) is 29.7 Å². The molecule has 0 saturated heterocycles. The van der Waals surface area contributed by atoms with Gasteiger partial charge < -0.3 is 15.8 Å². The summed E-state index contributed by atoms with van der Waals surface area (Å²) >= 11 is 0. The van der Waals surface area contributed by atoms with Crippen molar-refractivity contribution in [2.45, 2.75) is 31.5 Å². The summed E-state index contributed by atoms with van der Waals surface area (Å²) in [4.78, 5) is 0. The van der Waals surface area contributed by atoms with Gasteiger partial charge in [-0.3, -0.25) is 0 Å². The van der Waals surface area contributed by atoms with Gasteiger partial charge in [-0.25, -0.2) is 4.39 Å². The molecule has 22 heavy (non-hydrogen) atoms. The van der Waals surface area contributed by atoms with Crippen molar-refractivity contribution in [2.24, 2.45) is 5.73 Å². The van der Waals surface area contributed by atoms with Crippen LogP contribution in [0.3, 0.4) is 0 Å². The summed E-state index contributed by atoms with van der Waals surface area (Å²) < 4.78 is 18.8. The number of hydrogen-bond donors (Lipinski definition) is 2. The molecule has 2 aromatic carbocycles. The molecule has 4 heteroatoms. The second-order valence-corrected chi connectivity index (χ2v) is 5.81. The van der Waals surface area contributed by atoms with Crippen LogP contribution in [0.2, 0.25) is 0 Å². The van der Waals surface area contributed by atoms with Crippen LogP contribution in [0, 0.1) is 5.82 Å². The second-order valence-electron chi connectivity index (χ2n) is 5.81. The van der Waals surface area contributed by atoms with Gasteiger partial charge in [0.2, 0.25) is 0 Å². The molecule has 0 amide bonds. The van der Waals surface area contributed by atoms with Crippen LogP contribution in [0.5, 0.6) is 5.75 Å². The van der Waals surface area contributed by atoms with Gasteiger partial charge in [0, 0.05) is 18.1 Å². The van der Waals surface area contributed by atoms with E-state index in [1.54, 1.807) is 6.07 Å². The number of rotatable bonds is 4. The van der Waals surface area contributed by atoms with E-state index in [0.717, 1.165) is 12.0 Å². The van der Waals surface area contributed by atoms with Gasteiger partial charge in [-0.1, -0.05) is 30.3 Å². The zero-order valence-electron chi connectivity index (χ0n) is 12.8. The number of benzene rings is 2. The summed E-state index contributed by atoms with van der Waals surface area (Å²) in [5, 5.41) is 3.56. The van der Waals surface area contributed by atoms with Gasteiger partial charge >= 0.3 is 0 Å². The highest BCUT2D eigenvalue weighted by molar-refractivity contribution is 5.38. The molecular formula is C18H21FN2O. The molecule has 1 aliphatic carbocycles. The zero-order valence-corrected chi connectivity index (χ0v) is 12.8. The van der Waals surface area contributed by atoms with E-state index in [2.05, 4.69) is 17.4 Å². The fraction of sp³-hybridized carbons (Fsp3) is 0.333. The lowest BCUT2D eigenvalue weighted by Crippen LogP contribution is -2.23. The third-order valence-corrected chi connectivity index (χ3v) is 4.39. The van der Waals surface area contributed by atoms with Crippen molar-refractivity contribution < 1.29 is 9.13 Å². The fourth-order valence-corrected chi connectivity index (χ4v) is 3.18. The molecule has 0 aliphatic heterocycles. The normalized spacial score (nSPS) is 21.5. The van der Waals surface area contributed by atoms with Crippen LogP contribution < -0.4 is 15.8 Å². The number of ether oxygens (including phenoxy) is 1.